The lowest BCUT2D eigenvalue weighted by Crippen LogP contribution is -2.26. The van der Waals surface area contributed by atoms with Crippen LogP contribution in [0.2, 0.25) is 0 Å². The first kappa shape index (κ1) is 20.2. The molecular formula is C23H25FN2O4. The fourth-order valence-electron chi connectivity index (χ4n) is 4.30. The molecule has 2 aliphatic rings. The summed E-state index contributed by atoms with van der Waals surface area (Å²) in [6.45, 7) is 5.92. The van der Waals surface area contributed by atoms with Gasteiger partial charge in [-0.05, 0) is 48.3 Å². The Morgan fingerprint density at radius 2 is 2.23 bits per heavy atom. The van der Waals surface area contributed by atoms with Gasteiger partial charge in [0.2, 0.25) is 0 Å². The van der Waals surface area contributed by atoms with Crippen molar-refractivity contribution < 1.29 is 18.7 Å². The number of rotatable bonds is 6. The van der Waals surface area contributed by atoms with E-state index in [1.807, 2.05) is 6.92 Å². The quantitative estimate of drug-likeness (QED) is 0.736. The Kier molecular flexibility index (Phi) is 5.61. The van der Waals surface area contributed by atoms with Crippen LogP contribution in [0.1, 0.15) is 42.7 Å². The van der Waals surface area contributed by atoms with Crippen LogP contribution in [0, 0.1) is 5.82 Å². The number of hydrogen-bond donors (Lipinski definition) is 1. The second-order valence-electron chi connectivity index (χ2n) is 7.67. The van der Waals surface area contributed by atoms with Gasteiger partial charge >= 0.3 is 0 Å². The van der Waals surface area contributed by atoms with E-state index in [1.165, 1.54) is 6.07 Å². The van der Waals surface area contributed by atoms with E-state index in [0.29, 0.717) is 43.8 Å². The van der Waals surface area contributed by atoms with Crippen molar-refractivity contribution in [3.8, 4) is 5.75 Å². The lowest BCUT2D eigenvalue weighted by Gasteiger charge is -2.23. The minimum absolute atomic E-state index is 0.0112. The maximum absolute atomic E-state index is 14.2. The normalized spacial score (nSPS) is 16.2. The Morgan fingerprint density at radius 1 is 1.40 bits per heavy atom. The number of allylic oxidation sites excluding steroid dienone is 2. The molecule has 158 valence electrons. The number of hydrogen-bond acceptors (Lipinski definition) is 5. The highest BCUT2D eigenvalue weighted by Gasteiger charge is 2.25. The summed E-state index contributed by atoms with van der Waals surface area (Å²) in [6, 6.07) is 5.24. The molecular weight excluding hydrogens is 387 g/mol. The van der Waals surface area contributed by atoms with Gasteiger partial charge < -0.3 is 19.4 Å². The molecule has 7 heteroatoms. The summed E-state index contributed by atoms with van der Waals surface area (Å²) in [7, 11) is 0. The van der Waals surface area contributed by atoms with Crippen LogP contribution < -0.4 is 15.6 Å². The van der Waals surface area contributed by atoms with E-state index >= 15 is 0 Å². The fraction of sp³-hybridized carbons (Fsp3) is 0.391. The van der Waals surface area contributed by atoms with Crippen molar-refractivity contribution in [2.45, 2.75) is 46.3 Å². The number of benzene rings is 1. The van der Waals surface area contributed by atoms with Gasteiger partial charge in [0.15, 0.2) is 11.6 Å². The van der Waals surface area contributed by atoms with E-state index in [-0.39, 0.29) is 23.7 Å². The molecule has 3 heterocycles. The van der Waals surface area contributed by atoms with E-state index in [4.69, 9.17) is 9.47 Å². The third-order valence-corrected chi connectivity index (χ3v) is 5.83. The van der Waals surface area contributed by atoms with Crippen molar-refractivity contribution in [3.05, 3.63) is 62.3 Å². The zero-order chi connectivity index (χ0) is 21.3. The van der Waals surface area contributed by atoms with Gasteiger partial charge in [-0.1, -0.05) is 13.3 Å². The molecule has 0 amide bonds. The van der Waals surface area contributed by atoms with E-state index in [2.05, 4.69) is 18.3 Å². The van der Waals surface area contributed by atoms with Gasteiger partial charge in [-0.25, -0.2) is 4.39 Å². The standard InChI is InChI=1S/C23H25FN2O4/c1-3-4-15-9-17-10-16(11-26(17)23(28)19(15)12-29-13-27)14(2)18-5-6-20(24)22-21(18)25-7-8-30-22/h5-6,9,13,25H,3-4,7-8,10-12H2,1-2H3/b16-14+. The number of nitrogens with zero attached hydrogens (tertiary/aromatic N) is 1. The lowest BCUT2D eigenvalue weighted by molar-refractivity contribution is -0.129. The van der Waals surface area contributed by atoms with E-state index < -0.39 is 0 Å². The van der Waals surface area contributed by atoms with Crippen LogP contribution in [0.5, 0.6) is 5.75 Å². The molecule has 0 fully saturated rings. The van der Waals surface area contributed by atoms with Crippen molar-refractivity contribution in [2.75, 3.05) is 18.5 Å². The third kappa shape index (κ3) is 3.49. The number of aryl methyl sites for hydroxylation is 1. The molecule has 0 radical (unpaired) electrons. The maximum atomic E-state index is 14.2. The summed E-state index contributed by atoms with van der Waals surface area (Å²) < 4.78 is 26.3. The summed E-state index contributed by atoms with van der Waals surface area (Å²) >= 11 is 0. The number of anilines is 1. The second kappa shape index (κ2) is 8.34. The molecule has 6 nitrogen and oxygen atoms in total. The average molecular weight is 412 g/mol. The Balaban J connectivity index is 1.76. The minimum Gasteiger partial charge on any atom is -0.486 e. The lowest BCUT2D eigenvalue weighted by atomic mass is 9.97. The van der Waals surface area contributed by atoms with Crippen LogP contribution >= 0.6 is 0 Å². The van der Waals surface area contributed by atoms with Crippen molar-refractivity contribution in [3.63, 3.8) is 0 Å². The Hall–Kier alpha value is -3.09. The average Bonchev–Trinajstić information content (AvgIpc) is 3.18. The number of aromatic nitrogens is 1. The first-order valence-electron chi connectivity index (χ1n) is 10.2. The molecule has 0 bridgehead atoms. The Labute approximate surface area is 174 Å². The van der Waals surface area contributed by atoms with Crippen molar-refractivity contribution in [1.82, 2.24) is 4.57 Å². The second-order valence-corrected chi connectivity index (χ2v) is 7.67. The summed E-state index contributed by atoms with van der Waals surface area (Å²) in [5.74, 6) is -0.126. The number of carbonyl (C=O) groups is 1. The zero-order valence-corrected chi connectivity index (χ0v) is 17.2. The van der Waals surface area contributed by atoms with Gasteiger partial charge in [-0.3, -0.25) is 9.59 Å². The number of nitrogens with one attached hydrogen (secondary N) is 1. The van der Waals surface area contributed by atoms with Gasteiger partial charge in [0.1, 0.15) is 13.2 Å². The highest BCUT2D eigenvalue weighted by molar-refractivity contribution is 5.81. The summed E-state index contributed by atoms with van der Waals surface area (Å²) in [6.07, 6.45) is 2.30. The van der Waals surface area contributed by atoms with Gasteiger partial charge in [0.05, 0.1) is 11.3 Å². The largest absolute Gasteiger partial charge is 0.486 e. The summed E-state index contributed by atoms with van der Waals surface area (Å²) in [5.41, 5.74) is 5.99. The molecule has 0 aliphatic carbocycles. The number of ether oxygens (including phenoxy) is 2. The van der Waals surface area contributed by atoms with E-state index in [1.54, 1.807) is 10.6 Å². The monoisotopic (exact) mass is 412 g/mol. The van der Waals surface area contributed by atoms with Crippen LogP contribution in [0.3, 0.4) is 0 Å². The van der Waals surface area contributed by atoms with Gasteiger partial charge in [0, 0.05) is 30.8 Å². The van der Waals surface area contributed by atoms with E-state index in [9.17, 15) is 14.0 Å². The molecule has 0 unspecified atom stereocenters. The third-order valence-electron chi connectivity index (χ3n) is 5.83. The zero-order valence-electron chi connectivity index (χ0n) is 17.2. The van der Waals surface area contributed by atoms with Crippen LogP contribution in [0.4, 0.5) is 10.1 Å². The molecule has 1 aromatic heterocycles. The van der Waals surface area contributed by atoms with Gasteiger partial charge in [-0.2, -0.15) is 0 Å². The predicted molar refractivity (Wildman–Crippen MR) is 112 cm³/mol. The molecule has 2 aliphatic heterocycles. The van der Waals surface area contributed by atoms with Crippen LogP contribution in [-0.4, -0.2) is 24.2 Å². The highest BCUT2D eigenvalue weighted by atomic mass is 19.1. The smallest absolute Gasteiger partial charge is 0.293 e. The molecule has 1 aromatic carbocycles. The number of pyridine rings is 1. The molecule has 1 N–H and O–H groups in total. The molecule has 0 spiro atoms. The highest BCUT2D eigenvalue weighted by Crippen LogP contribution is 2.39. The molecule has 0 saturated carbocycles. The number of halogens is 1. The molecule has 0 atom stereocenters. The van der Waals surface area contributed by atoms with Crippen LogP contribution in [-0.2, 0) is 35.5 Å². The SMILES string of the molecule is CCCc1cc2n(c(=O)c1COC=O)C/C(=C(\C)c1ccc(F)c3c1NCCO3)C2. The minimum atomic E-state index is -0.381. The first-order chi connectivity index (χ1) is 14.5. The number of fused-ring (bicyclic) bond motifs is 2. The van der Waals surface area contributed by atoms with Crippen LogP contribution in [0.25, 0.3) is 5.57 Å². The first-order valence-corrected chi connectivity index (χ1v) is 10.2. The van der Waals surface area contributed by atoms with E-state index in [0.717, 1.165) is 40.8 Å². The topological polar surface area (TPSA) is 69.6 Å². The van der Waals surface area contributed by atoms with Gasteiger partial charge in [-0.15, -0.1) is 0 Å². The molecule has 2 aromatic rings. The van der Waals surface area contributed by atoms with Crippen molar-refractivity contribution in [2.24, 2.45) is 0 Å². The predicted octanol–water partition coefficient (Wildman–Crippen LogP) is 3.45. The van der Waals surface area contributed by atoms with Crippen molar-refractivity contribution in [1.29, 1.82) is 0 Å². The summed E-state index contributed by atoms with van der Waals surface area (Å²) in [4.78, 5) is 23.8. The molecule has 4 rings (SSSR count). The Morgan fingerprint density at radius 3 is 3.00 bits per heavy atom. The Bertz CT molecular complexity index is 1090. The maximum Gasteiger partial charge on any atom is 0.293 e. The summed E-state index contributed by atoms with van der Waals surface area (Å²) in [5, 5.41) is 3.25. The van der Waals surface area contributed by atoms with Crippen LogP contribution in [0.15, 0.2) is 28.6 Å². The fourth-order valence-corrected chi connectivity index (χ4v) is 4.30. The van der Waals surface area contributed by atoms with Gasteiger partial charge in [0.25, 0.3) is 12.0 Å². The molecule has 0 saturated heterocycles. The molecule has 30 heavy (non-hydrogen) atoms. The number of carbonyl (C=O) groups excluding carboxylic acids is 1. The van der Waals surface area contributed by atoms with Crippen molar-refractivity contribution >= 4 is 17.7 Å².